The summed E-state index contributed by atoms with van der Waals surface area (Å²) in [7, 11) is 0. The van der Waals surface area contributed by atoms with Crippen molar-refractivity contribution in [2.24, 2.45) is 0 Å². The van der Waals surface area contributed by atoms with E-state index in [0.29, 0.717) is 12.3 Å². The predicted molar refractivity (Wildman–Crippen MR) is 95.5 cm³/mol. The van der Waals surface area contributed by atoms with E-state index in [1.807, 2.05) is 0 Å². The van der Waals surface area contributed by atoms with Gasteiger partial charge in [0, 0.05) is 10.9 Å². The standard InChI is InChI=1S/C20H20N2O4/c23-19(22-11-20(24)21-10-16-5-2-6-25-16)9-15-12-26-18-8-14-4-1-3-13(14)7-17(15)18/h2,5-8,12H,1,3-4,9-11H2,(H,21,24)(H,22,23). The Morgan fingerprint density at radius 1 is 1.04 bits per heavy atom. The highest BCUT2D eigenvalue weighted by Crippen LogP contribution is 2.30. The number of carbonyl (C=O) groups excluding carboxylic acids is 2. The lowest BCUT2D eigenvalue weighted by Crippen LogP contribution is -2.37. The van der Waals surface area contributed by atoms with E-state index in [9.17, 15) is 9.59 Å². The molecule has 1 aliphatic carbocycles. The molecule has 0 atom stereocenters. The zero-order valence-corrected chi connectivity index (χ0v) is 14.3. The molecule has 6 heteroatoms. The molecule has 2 heterocycles. The lowest BCUT2D eigenvalue weighted by molar-refractivity contribution is -0.125. The fourth-order valence-corrected chi connectivity index (χ4v) is 3.36. The molecule has 0 radical (unpaired) electrons. The Morgan fingerprint density at radius 3 is 2.69 bits per heavy atom. The summed E-state index contributed by atoms with van der Waals surface area (Å²) in [6.07, 6.45) is 6.72. The van der Waals surface area contributed by atoms with Crippen molar-refractivity contribution in [1.82, 2.24) is 10.6 Å². The fourth-order valence-electron chi connectivity index (χ4n) is 3.36. The molecule has 3 aromatic rings. The summed E-state index contributed by atoms with van der Waals surface area (Å²) in [6.45, 7) is 0.240. The molecule has 6 nitrogen and oxygen atoms in total. The zero-order valence-electron chi connectivity index (χ0n) is 14.3. The second kappa shape index (κ2) is 7.07. The molecule has 2 amide bonds. The predicted octanol–water partition coefficient (Wildman–Crippen LogP) is 2.49. The number of nitrogens with one attached hydrogen (secondary N) is 2. The Hall–Kier alpha value is -3.02. The molecular weight excluding hydrogens is 332 g/mol. The van der Waals surface area contributed by atoms with Gasteiger partial charge in [0.25, 0.3) is 0 Å². The number of fused-ring (bicyclic) bond motifs is 2. The van der Waals surface area contributed by atoms with Gasteiger partial charge in [-0.3, -0.25) is 9.59 Å². The highest BCUT2D eigenvalue weighted by Gasteiger charge is 2.17. The van der Waals surface area contributed by atoms with E-state index in [1.165, 1.54) is 17.5 Å². The van der Waals surface area contributed by atoms with Crippen molar-refractivity contribution in [2.75, 3.05) is 6.54 Å². The van der Waals surface area contributed by atoms with Crippen molar-refractivity contribution in [2.45, 2.75) is 32.2 Å². The SMILES string of the molecule is O=C(CNC(=O)Cc1coc2cc3c(cc12)CCC3)NCc1ccco1. The van der Waals surface area contributed by atoms with E-state index >= 15 is 0 Å². The first-order valence-electron chi connectivity index (χ1n) is 8.77. The van der Waals surface area contributed by atoms with Gasteiger partial charge in [0.05, 0.1) is 32.0 Å². The van der Waals surface area contributed by atoms with E-state index in [2.05, 4.69) is 22.8 Å². The maximum atomic E-state index is 12.2. The van der Waals surface area contributed by atoms with Gasteiger partial charge in [-0.25, -0.2) is 0 Å². The highest BCUT2D eigenvalue weighted by molar-refractivity contribution is 5.90. The van der Waals surface area contributed by atoms with Gasteiger partial charge in [-0.05, 0) is 54.7 Å². The first-order valence-corrected chi connectivity index (χ1v) is 8.77. The Labute approximate surface area is 150 Å². The van der Waals surface area contributed by atoms with Gasteiger partial charge in [0.1, 0.15) is 11.3 Å². The van der Waals surface area contributed by atoms with Gasteiger partial charge >= 0.3 is 0 Å². The maximum absolute atomic E-state index is 12.2. The summed E-state index contributed by atoms with van der Waals surface area (Å²) in [5, 5.41) is 6.32. The molecule has 0 saturated carbocycles. The molecule has 26 heavy (non-hydrogen) atoms. The maximum Gasteiger partial charge on any atom is 0.239 e. The molecule has 1 aromatic carbocycles. The van der Waals surface area contributed by atoms with Crippen LogP contribution in [-0.4, -0.2) is 18.4 Å². The Balaban J connectivity index is 1.32. The van der Waals surface area contributed by atoms with Crippen molar-refractivity contribution in [3.8, 4) is 0 Å². The average molecular weight is 352 g/mol. The number of furan rings is 2. The van der Waals surface area contributed by atoms with E-state index < -0.39 is 0 Å². The summed E-state index contributed by atoms with van der Waals surface area (Å²) < 4.78 is 10.8. The van der Waals surface area contributed by atoms with E-state index in [0.717, 1.165) is 29.4 Å². The minimum Gasteiger partial charge on any atom is -0.467 e. The molecule has 0 saturated heterocycles. The third kappa shape index (κ3) is 3.49. The third-order valence-electron chi connectivity index (χ3n) is 4.71. The second-order valence-corrected chi connectivity index (χ2v) is 6.54. The minimum absolute atomic E-state index is 0.0648. The molecule has 1 aliphatic rings. The molecule has 2 aromatic heterocycles. The van der Waals surface area contributed by atoms with Crippen LogP contribution in [0.3, 0.4) is 0 Å². The van der Waals surface area contributed by atoms with Crippen molar-refractivity contribution in [3.63, 3.8) is 0 Å². The van der Waals surface area contributed by atoms with Gasteiger partial charge in [-0.1, -0.05) is 0 Å². The number of amides is 2. The molecule has 0 fully saturated rings. The number of hydrogen-bond acceptors (Lipinski definition) is 4. The summed E-state index contributed by atoms with van der Waals surface area (Å²) >= 11 is 0. The smallest absolute Gasteiger partial charge is 0.239 e. The Morgan fingerprint density at radius 2 is 1.88 bits per heavy atom. The summed E-state index contributed by atoms with van der Waals surface area (Å²) in [5.41, 5.74) is 4.36. The Bertz CT molecular complexity index is 940. The van der Waals surface area contributed by atoms with E-state index in [1.54, 1.807) is 24.7 Å². The highest BCUT2D eigenvalue weighted by atomic mass is 16.3. The molecule has 4 rings (SSSR count). The quantitative estimate of drug-likeness (QED) is 0.714. The van der Waals surface area contributed by atoms with Crippen LogP contribution in [-0.2, 0) is 35.4 Å². The van der Waals surface area contributed by atoms with Gasteiger partial charge < -0.3 is 19.5 Å². The van der Waals surface area contributed by atoms with Gasteiger partial charge in [-0.2, -0.15) is 0 Å². The van der Waals surface area contributed by atoms with Crippen LogP contribution in [0.1, 0.15) is 28.9 Å². The van der Waals surface area contributed by atoms with Gasteiger partial charge in [-0.15, -0.1) is 0 Å². The first-order chi connectivity index (χ1) is 12.7. The van der Waals surface area contributed by atoms with Crippen LogP contribution in [0.25, 0.3) is 11.0 Å². The first kappa shape index (κ1) is 16.4. The molecule has 0 bridgehead atoms. The summed E-state index contributed by atoms with van der Waals surface area (Å²) in [5.74, 6) is 0.202. The topological polar surface area (TPSA) is 84.5 Å². The number of rotatable bonds is 6. The number of hydrogen-bond donors (Lipinski definition) is 2. The van der Waals surface area contributed by atoms with Crippen molar-refractivity contribution < 1.29 is 18.4 Å². The molecule has 2 N–H and O–H groups in total. The fraction of sp³-hybridized carbons (Fsp3) is 0.300. The van der Waals surface area contributed by atoms with Crippen LogP contribution in [0, 0.1) is 0 Å². The lowest BCUT2D eigenvalue weighted by atomic mass is 10.0. The van der Waals surface area contributed by atoms with Crippen LogP contribution < -0.4 is 10.6 Å². The summed E-state index contributed by atoms with van der Waals surface area (Å²) in [6, 6.07) is 7.76. The van der Waals surface area contributed by atoms with E-state index in [4.69, 9.17) is 8.83 Å². The normalized spacial score (nSPS) is 12.9. The van der Waals surface area contributed by atoms with Crippen LogP contribution in [0.2, 0.25) is 0 Å². The molecule has 0 spiro atoms. The molecule has 0 aliphatic heterocycles. The molecule has 0 unspecified atom stereocenters. The largest absolute Gasteiger partial charge is 0.467 e. The van der Waals surface area contributed by atoms with Crippen LogP contribution in [0.5, 0.6) is 0 Å². The van der Waals surface area contributed by atoms with Crippen molar-refractivity contribution in [1.29, 1.82) is 0 Å². The number of benzene rings is 1. The minimum atomic E-state index is -0.260. The average Bonchev–Trinajstić information content (AvgIpc) is 3.37. The van der Waals surface area contributed by atoms with Gasteiger partial charge in [0.2, 0.25) is 11.8 Å². The van der Waals surface area contributed by atoms with Gasteiger partial charge in [0.15, 0.2) is 0 Å². The lowest BCUT2D eigenvalue weighted by Gasteiger charge is -2.06. The monoisotopic (exact) mass is 352 g/mol. The zero-order chi connectivity index (χ0) is 17.9. The van der Waals surface area contributed by atoms with Crippen LogP contribution in [0.15, 0.2) is 45.6 Å². The second-order valence-electron chi connectivity index (χ2n) is 6.54. The number of carbonyl (C=O) groups is 2. The van der Waals surface area contributed by atoms with E-state index in [-0.39, 0.29) is 24.8 Å². The number of aryl methyl sites for hydroxylation is 2. The van der Waals surface area contributed by atoms with Crippen molar-refractivity contribution in [3.05, 3.63) is 59.2 Å². The summed E-state index contributed by atoms with van der Waals surface area (Å²) in [4.78, 5) is 24.0. The third-order valence-corrected chi connectivity index (χ3v) is 4.71. The van der Waals surface area contributed by atoms with Crippen LogP contribution in [0.4, 0.5) is 0 Å². The molecule has 134 valence electrons. The van der Waals surface area contributed by atoms with Crippen LogP contribution >= 0.6 is 0 Å². The molecular formula is C20H20N2O4. The Kier molecular flexibility index (Phi) is 4.48. The van der Waals surface area contributed by atoms with Crippen molar-refractivity contribution >= 4 is 22.8 Å².